The summed E-state index contributed by atoms with van der Waals surface area (Å²) >= 11 is 0. The molecule has 9 nitrogen and oxygen atoms in total. The molecule has 0 spiro atoms. The summed E-state index contributed by atoms with van der Waals surface area (Å²) in [6.07, 6.45) is 1.67. The first kappa shape index (κ1) is 18.1. The lowest BCUT2D eigenvalue weighted by Crippen LogP contribution is -2.28. The molecule has 2 N–H and O–H groups in total. The lowest BCUT2D eigenvalue weighted by molar-refractivity contribution is -0.164. The molecule has 2 heterocycles. The van der Waals surface area contributed by atoms with Gasteiger partial charge in [0.1, 0.15) is 5.82 Å². The van der Waals surface area contributed by atoms with E-state index in [0.717, 1.165) is 0 Å². The Kier molecular flexibility index (Phi) is 5.94. The van der Waals surface area contributed by atoms with Gasteiger partial charge in [-0.2, -0.15) is 10.0 Å². The van der Waals surface area contributed by atoms with Gasteiger partial charge >= 0.3 is 13.3 Å². The van der Waals surface area contributed by atoms with Crippen molar-refractivity contribution in [1.82, 2.24) is 14.6 Å². The van der Waals surface area contributed by atoms with Crippen LogP contribution in [0.1, 0.15) is 26.5 Å². The Morgan fingerprint density at radius 3 is 2.65 bits per heavy atom. The van der Waals surface area contributed by atoms with Gasteiger partial charge in [0, 0.05) is 19.7 Å². The maximum absolute atomic E-state index is 12.6. The number of anilines is 1. The zero-order valence-electron chi connectivity index (χ0n) is 13.5. The Morgan fingerprint density at radius 1 is 1.43 bits per heavy atom. The molecule has 0 saturated carbocycles. The average Bonchev–Trinajstić information content (AvgIpc) is 2.79. The normalized spacial score (nSPS) is 22.6. The summed E-state index contributed by atoms with van der Waals surface area (Å²) in [5, 5.41) is 1.58. The summed E-state index contributed by atoms with van der Waals surface area (Å²) in [6.45, 7) is 4.14. The molecule has 1 fully saturated rings. The van der Waals surface area contributed by atoms with Crippen LogP contribution in [0.15, 0.2) is 17.1 Å². The monoisotopic (exact) mass is 346 g/mol. The van der Waals surface area contributed by atoms with Crippen molar-refractivity contribution in [3.8, 4) is 0 Å². The second-order valence-corrected chi connectivity index (χ2v) is 7.27. The second-order valence-electron chi connectivity index (χ2n) is 5.17. The van der Waals surface area contributed by atoms with Gasteiger partial charge < -0.3 is 14.8 Å². The number of hydrogen-bond donors (Lipinski definition) is 1. The molecule has 0 bridgehead atoms. The van der Waals surface area contributed by atoms with E-state index in [-0.39, 0.29) is 18.0 Å². The van der Waals surface area contributed by atoms with Gasteiger partial charge in [0.05, 0.1) is 25.4 Å². The van der Waals surface area contributed by atoms with Gasteiger partial charge in [0.25, 0.3) is 0 Å². The van der Waals surface area contributed by atoms with Gasteiger partial charge in [-0.1, -0.05) is 0 Å². The Balaban J connectivity index is 2.11. The summed E-state index contributed by atoms with van der Waals surface area (Å²) in [7, 11) is -1.46. The predicted molar refractivity (Wildman–Crippen MR) is 84.9 cm³/mol. The summed E-state index contributed by atoms with van der Waals surface area (Å²) in [6, 6.07) is 1.33. The fourth-order valence-electron chi connectivity index (χ4n) is 2.50. The van der Waals surface area contributed by atoms with Gasteiger partial charge in [-0.05, 0) is 19.9 Å². The third-order valence-electron chi connectivity index (χ3n) is 3.52. The molecule has 2 rings (SSSR count). The van der Waals surface area contributed by atoms with Gasteiger partial charge in [0.2, 0.25) is 0 Å². The molecule has 1 aromatic heterocycles. The van der Waals surface area contributed by atoms with Gasteiger partial charge in [0.15, 0.2) is 6.23 Å². The van der Waals surface area contributed by atoms with Crippen molar-refractivity contribution in [2.75, 3.05) is 32.2 Å². The van der Waals surface area contributed by atoms with Crippen molar-refractivity contribution in [3.63, 3.8) is 0 Å². The topological polar surface area (TPSA) is 109 Å². The Bertz CT molecular complexity index is 627. The highest BCUT2D eigenvalue weighted by atomic mass is 31.2. The molecular weight excluding hydrogens is 323 g/mol. The van der Waals surface area contributed by atoms with Crippen LogP contribution in [0.4, 0.5) is 5.82 Å². The van der Waals surface area contributed by atoms with E-state index in [1.807, 2.05) is 0 Å². The van der Waals surface area contributed by atoms with Crippen LogP contribution in [0, 0.1) is 0 Å². The van der Waals surface area contributed by atoms with Crippen LogP contribution in [0.25, 0.3) is 0 Å². The Hall–Kier alpha value is -1.25. The van der Waals surface area contributed by atoms with Crippen molar-refractivity contribution >= 4 is 13.4 Å². The highest BCUT2D eigenvalue weighted by molar-refractivity contribution is 7.53. The maximum Gasteiger partial charge on any atom is 0.351 e. The summed E-state index contributed by atoms with van der Waals surface area (Å²) in [5.41, 5.74) is 5.00. The lowest BCUT2D eigenvalue weighted by atomic mass is 10.2. The maximum atomic E-state index is 12.6. The Labute approximate surface area is 134 Å². The highest BCUT2D eigenvalue weighted by Crippen LogP contribution is 2.50. The molecule has 10 heteroatoms. The largest absolute Gasteiger partial charge is 0.383 e. The molecule has 1 unspecified atom stereocenters. The molecule has 23 heavy (non-hydrogen) atoms. The number of nitrogens with zero attached hydrogens (tertiary/aromatic N) is 3. The van der Waals surface area contributed by atoms with Gasteiger partial charge in [-0.15, -0.1) is 0 Å². The third-order valence-corrected chi connectivity index (χ3v) is 5.70. The molecule has 1 aliphatic rings. The van der Waals surface area contributed by atoms with Crippen molar-refractivity contribution in [1.29, 1.82) is 0 Å². The van der Waals surface area contributed by atoms with Crippen molar-refractivity contribution in [2.24, 2.45) is 0 Å². The first-order chi connectivity index (χ1) is 10.9. The second kappa shape index (κ2) is 7.55. The standard InChI is InChI=1S/C13H23N4O5P/c1-4-20-23(19,21-5-2)9-10-8-12(22-16(10)3)17-7-6-11(14)15-13(17)18/h6-7,10,12H,4-5,8-9H2,1-3H3,(H2,14,15,18)/t10-,12?/m1/s1. The lowest BCUT2D eigenvalue weighted by Gasteiger charge is -2.22. The fourth-order valence-corrected chi connectivity index (χ4v) is 4.46. The fraction of sp³-hybridized carbons (Fsp3) is 0.692. The third kappa shape index (κ3) is 4.39. The molecule has 1 aromatic rings. The van der Waals surface area contributed by atoms with Crippen LogP contribution < -0.4 is 11.4 Å². The number of hydroxylamine groups is 2. The Morgan fingerprint density at radius 2 is 2.09 bits per heavy atom. The molecule has 0 aliphatic carbocycles. The predicted octanol–water partition coefficient (Wildman–Crippen LogP) is 1.23. The van der Waals surface area contributed by atoms with Crippen molar-refractivity contribution in [2.45, 2.75) is 32.5 Å². The molecule has 1 aliphatic heterocycles. The summed E-state index contributed by atoms with van der Waals surface area (Å²) in [5.74, 6) is 0.159. The van der Waals surface area contributed by atoms with E-state index in [1.165, 1.54) is 16.8 Å². The van der Waals surface area contributed by atoms with Crippen LogP contribution in [-0.2, 0) is 18.5 Å². The molecule has 130 valence electrons. The molecule has 0 radical (unpaired) electrons. The molecule has 1 saturated heterocycles. The van der Waals surface area contributed by atoms with E-state index in [2.05, 4.69) is 4.98 Å². The van der Waals surface area contributed by atoms with Crippen LogP contribution in [0.5, 0.6) is 0 Å². The van der Waals surface area contributed by atoms with E-state index in [1.54, 1.807) is 26.0 Å². The molecular formula is C13H23N4O5P. The zero-order valence-corrected chi connectivity index (χ0v) is 14.4. The minimum atomic E-state index is -3.19. The van der Waals surface area contributed by atoms with Crippen molar-refractivity contribution < 1.29 is 18.5 Å². The van der Waals surface area contributed by atoms with E-state index in [9.17, 15) is 9.36 Å². The molecule has 0 aromatic carbocycles. The van der Waals surface area contributed by atoms with Crippen LogP contribution in [-0.4, -0.2) is 47.1 Å². The van der Waals surface area contributed by atoms with Crippen molar-refractivity contribution in [3.05, 3.63) is 22.7 Å². The van der Waals surface area contributed by atoms with E-state index >= 15 is 0 Å². The van der Waals surface area contributed by atoms with E-state index in [4.69, 9.17) is 19.6 Å². The quantitative estimate of drug-likeness (QED) is 0.734. The van der Waals surface area contributed by atoms with Crippen LogP contribution in [0.3, 0.4) is 0 Å². The molecule has 0 amide bonds. The van der Waals surface area contributed by atoms with E-state index in [0.29, 0.717) is 19.6 Å². The number of nitrogens with two attached hydrogens (primary N) is 1. The number of hydrogen-bond acceptors (Lipinski definition) is 8. The molecule has 2 atom stereocenters. The number of aromatic nitrogens is 2. The van der Waals surface area contributed by atoms with Crippen LogP contribution >= 0.6 is 7.60 Å². The highest BCUT2D eigenvalue weighted by Gasteiger charge is 2.38. The summed E-state index contributed by atoms with van der Waals surface area (Å²) < 4.78 is 24.6. The summed E-state index contributed by atoms with van der Waals surface area (Å²) in [4.78, 5) is 21.3. The minimum absolute atomic E-state index is 0.159. The smallest absolute Gasteiger partial charge is 0.351 e. The van der Waals surface area contributed by atoms with Gasteiger partial charge in [-0.25, -0.2) is 4.79 Å². The van der Waals surface area contributed by atoms with Crippen LogP contribution in [0.2, 0.25) is 0 Å². The van der Waals surface area contributed by atoms with Gasteiger partial charge in [-0.3, -0.25) is 14.0 Å². The van der Waals surface area contributed by atoms with E-state index < -0.39 is 19.5 Å². The zero-order chi connectivity index (χ0) is 17.0. The average molecular weight is 346 g/mol. The number of rotatable bonds is 7. The minimum Gasteiger partial charge on any atom is -0.383 e. The first-order valence-electron chi connectivity index (χ1n) is 7.51. The number of nitrogen functional groups attached to an aromatic ring is 1. The first-order valence-corrected chi connectivity index (χ1v) is 9.23. The SMILES string of the molecule is CCOP(=O)(C[C@H]1CC(n2ccc(N)nc2=O)ON1C)OCC.